The zero-order valence-electron chi connectivity index (χ0n) is 21.2. The van der Waals surface area contributed by atoms with Crippen LogP contribution in [0.15, 0.2) is 52.9 Å². The molecule has 2 saturated heterocycles. The number of piperidine rings is 2. The number of nitrogens with one attached hydrogen (secondary N) is 2. The fourth-order valence-corrected chi connectivity index (χ4v) is 5.17. The van der Waals surface area contributed by atoms with E-state index >= 15 is 0 Å². The van der Waals surface area contributed by atoms with Gasteiger partial charge in [0, 0.05) is 37.3 Å². The molecular formula is C28H36N6OS. The number of rotatable bonds is 6. The Kier molecular flexibility index (Phi) is 7.70. The molecule has 7 nitrogen and oxygen atoms in total. The van der Waals surface area contributed by atoms with Crippen molar-refractivity contribution in [3.05, 3.63) is 54.3 Å². The number of furan rings is 1. The molecule has 0 bridgehead atoms. The molecule has 1 atom stereocenters. The molecule has 0 unspecified atom stereocenters. The summed E-state index contributed by atoms with van der Waals surface area (Å²) in [5.41, 5.74) is 1.06. The van der Waals surface area contributed by atoms with Crippen LogP contribution in [0.2, 0.25) is 0 Å². The van der Waals surface area contributed by atoms with Gasteiger partial charge in [0.15, 0.2) is 5.11 Å². The first-order valence-electron chi connectivity index (χ1n) is 13.1. The molecule has 4 heterocycles. The van der Waals surface area contributed by atoms with Crippen molar-refractivity contribution in [2.75, 3.05) is 34.8 Å². The summed E-state index contributed by atoms with van der Waals surface area (Å²) in [7, 11) is 0. The van der Waals surface area contributed by atoms with Crippen LogP contribution < -0.4 is 20.4 Å². The van der Waals surface area contributed by atoms with Crippen LogP contribution in [0.5, 0.6) is 0 Å². The molecule has 0 spiro atoms. The third-order valence-corrected chi connectivity index (χ3v) is 7.52. The molecule has 5 rings (SSSR count). The Hall–Kier alpha value is -3.13. The third-order valence-electron chi connectivity index (χ3n) is 7.27. The number of hydrogen-bond donors (Lipinski definition) is 2. The lowest BCUT2D eigenvalue weighted by Gasteiger charge is -2.36. The quantitative estimate of drug-likeness (QED) is 0.406. The SMILES string of the molecule is CC1CCN(c2cc(N3CCCC[C@H]3C)nc(NC(=S)NCc3ccc(-c4ccccc4)o3)n2)CC1. The zero-order valence-corrected chi connectivity index (χ0v) is 22.1. The summed E-state index contributed by atoms with van der Waals surface area (Å²) in [6.45, 7) is 8.18. The molecule has 190 valence electrons. The molecule has 0 amide bonds. The van der Waals surface area contributed by atoms with Crippen molar-refractivity contribution in [1.82, 2.24) is 15.3 Å². The average molecular weight is 505 g/mol. The minimum Gasteiger partial charge on any atom is -0.459 e. The van der Waals surface area contributed by atoms with Crippen LogP contribution in [-0.2, 0) is 6.54 Å². The number of benzene rings is 1. The predicted octanol–water partition coefficient (Wildman–Crippen LogP) is 5.84. The summed E-state index contributed by atoms with van der Waals surface area (Å²) < 4.78 is 5.99. The van der Waals surface area contributed by atoms with E-state index in [4.69, 9.17) is 26.6 Å². The van der Waals surface area contributed by atoms with Gasteiger partial charge in [-0.3, -0.25) is 0 Å². The van der Waals surface area contributed by atoms with E-state index in [9.17, 15) is 0 Å². The first-order valence-corrected chi connectivity index (χ1v) is 13.6. The van der Waals surface area contributed by atoms with Gasteiger partial charge in [0.25, 0.3) is 0 Å². The van der Waals surface area contributed by atoms with Gasteiger partial charge < -0.3 is 24.9 Å². The third kappa shape index (κ3) is 5.98. The molecule has 0 radical (unpaired) electrons. The standard InChI is InChI=1S/C28H36N6OS/c1-20-13-16-33(17-14-20)25-18-26(34-15-7-6-8-21(34)2)31-27(30-25)32-28(36)29-19-23-11-12-24(35-23)22-9-4-3-5-10-22/h3-5,9-12,18,20-21H,6-8,13-17,19H2,1-2H3,(H2,29,30,31,32,36)/t21-/m1/s1. The van der Waals surface area contributed by atoms with Crippen molar-refractivity contribution in [2.45, 2.75) is 58.5 Å². The second-order valence-corrected chi connectivity index (χ2v) is 10.5. The number of anilines is 3. The number of nitrogens with zero attached hydrogens (tertiary/aromatic N) is 4. The first-order chi connectivity index (χ1) is 17.5. The van der Waals surface area contributed by atoms with Crippen LogP contribution in [0, 0.1) is 5.92 Å². The van der Waals surface area contributed by atoms with Crippen LogP contribution >= 0.6 is 12.2 Å². The number of aromatic nitrogens is 2. The minimum absolute atomic E-state index is 0.471. The normalized spacial score (nSPS) is 18.8. The molecule has 36 heavy (non-hydrogen) atoms. The lowest BCUT2D eigenvalue weighted by Crippen LogP contribution is -2.39. The average Bonchev–Trinajstić information content (AvgIpc) is 3.38. The lowest BCUT2D eigenvalue weighted by molar-refractivity contribution is 0.436. The van der Waals surface area contributed by atoms with E-state index in [1.807, 2.05) is 42.5 Å². The molecule has 2 N–H and O–H groups in total. The molecule has 2 aromatic heterocycles. The van der Waals surface area contributed by atoms with E-state index in [-0.39, 0.29) is 0 Å². The van der Waals surface area contributed by atoms with Gasteiger partial charge in [-0.05, 0) is 69.3 Å². The monoisotopic (exact) mass is 504 g/mol. The molecule has 0 saturated carbocycles. The molecule has 2 aliphatic rings. The Labute approximate surface area is 219 Å². The van der Waals surface area contributed by atoms with Gasteiger partial charge in [-0.15, -0.1) is 0 Å². The van der Waals surface area contributed by atoms with Crippen molar-refractivity contribution in [2.24, 2.45) is 5.92 Å². The highest BCUT2D eigenvalue weighted by Gasteiger charge is 2.24. The first kappa shape index (κ1) is 24.6. The van der Waals surface area contributed by atoms with Gasteiger partial charge in [-0.1, -0.05) is 37.3 Å². The summed E-state index contributed by atoms with van der Waals surface area (Å²) in [6.07, 6.45) is 6.04. The van der Waals surface area contributed by atoms with Gasteiger partial charge in [-0.25, -0.2) is 0 Å². The second kappa shape index (κ2) is 11.3. The van der Waals surface area contributed by atoms with Crippen molar-refractivity contribution < 1.29 is 4.42 Å². The molecular weight excluding hydrogens is 468 g/mol. The summed E-state index contributed by atoms with van der Waals surface area (Å²) in [4.78, 5) is 14.5. The molecule has 2 fully saturated rings. The van der Waals surface area contributed by atoms with Crippen molar-refractivity contribution in [1.29, 1.82) is 0 Å². The van der Waals surface area contributed by atoms with E-state index in [0.717, 1.165) is 54.3 Å². The van der Waals surface area contributed by atoms with E-state index in [1.165, 1.54) is 32.1 Å². The van der Waals surface area contributed by atoms with Gasteiger partial charge in [0.05, 0.1) is 6.54 Å². The van der Waals surface area contributed by atoms with Gasteiger partial charge in [0.1, 0.15) is 23.2 Å². The van der Waals surface area contributed by atoms with E-state index in [1.54, 1.807) is 0 Å². The Morgan fingerprint density at radius 3 is 2.53 bits per heavy atom. The maximum atomic E-state index is 5.99. The van der Waals surface area contributed by atoms with E-state index in [0.29, 0.717) is 23.6 Å². The fraction of sp³-hybridized carbons (Fsp3) is 0.464. The Morgan fingerprint density at radius 2 is 1.75 bits per heavy atom. The number of thiocarbonyl (C=S) groups is 1. The van der Waals surface area contributed by atoms with Crippen molar-refractivity contribution in [3.63, 3.8) is 0 Å². The highest BCUT2D eigenvalue weighted by molar-refractivity contribution is 7.80. The largest absolute Gasteiger partial charge is 0.459 e. The summed E-state index contributed by atoms with van der Waals surface area (Å²) in [5, 5.41) is 6.96. The molecule has 8 heteroatoms. The fourth-order valence-electron chi connectivity index (χ4n) is 5.01. The van der Waals surface area contributed by atoms with Crippen LogP contribution in [0.4, 0.5) is 17.6 Å². The topological polar surface area (TPSA) is 69.5 Å². The highest BCUT2D eigenvalue weighted by atomic mass is 32.1. The molecule has 3 aromatic rings. The predicted molar refractivity (Wildman–Crippen MR) is 151 cm³/mol. The van der Waals surface area contributed by atoms with E-state index < -0.39 is 0 Å². The summed E-state index contributed by atoms with van der Waals surface area (Å²) >= 11 is 5.60. The maximum Gasteiger partial charge on any atom is 0.232 e. The Bertz CT molecular complexity index is 1160. The Morgan fingerprint density at radius 1 is 0.972 bits per heavy atom. The lowest BCUT2D eigenvalue weighted by atomic mass is 9.99. The van der Waals surface area contributed by atoms with Crippen molar-refractivity contribution >= 4 is 34.9 Å². The zero-order chi connectivity index (χ0) is 24.9. The molecule has 0 aliphatic carbocycles. The van der Waals surface area contributed by atoms with Gasteiger partial charge >= 0.3 is 0 Å². The van der Waals surface area contributed by atoms with Crippen LogP contribution in [-0.4, -0.2) is 40.8 Å². The van der Waals surface area contributed by atoms with Crippen LogP contribution in [0.25, 0.3) is 11.3 Å². The minimum atomic E-state index is 0.471. The van der Waals surface area contributed by atoms with Crippen LogP contribution in [0.3, 0.4) is 0 Å². The van der Waals surface area contributed by atoms with Gasteiger partial charge in [-0.2, -0.15) is 9.97 Å². The molecule has 2 aliphatic heterocycles. The maximum absolute atomic E-state index is 5.99. The van der Waals surface area contributed by atoms with Crippen molar-refractivity contribution in [3.8, 4) is 11.3 Å². The van der Waals surface area contributed by atoms with Crippen LogP contribution in [0.1, 0.15) is 51.7 Å². The molecule has 1 aromatic carbocycles. The highest BCUT2D eigenvalue weighted by Crippen LogP contribution is 2.29. The van der Waals surface area contributed by atoms with E-state index in [2.05, 4.69) is 40.3 Å². The van der Waals surface area contributed by atoms with Gasteiger partial charge in [0.2, 0.25) is 5.95 Å². The number of hydrogen-bond acceptors (Lipinski definition) is 6. The summed E-state index contributed by atoms with van der Waals surface area (Å²) in [6, 6.07) is 16.7. The summed E-state index contributed by atoms with van der Waals surface area (Å²) in [5.74, 6) is 4.93. The smallest absolute Gasteiger partial charge is 0.232 e. The Balaban J connectivity index is 1.28. The second-order valence-electron chi connectivity index (χ2n) is 10.1.